The van der Waals surface area contributed by atoms with Gasteiger partial charge in [-0.05, 0) is 43.5 Å². The molecule has 0 saturated heterocycles. The predicted molar refractivity (Wildman–Crippen MR) is 73.9 cm³/mol. The Morgan fingerprint density at radius 1 is 1.29 bits per heavy atom. The lowest BCUT2D eigenvalue weighted by Gasteiger charge is -2.28. The summed E-state index contributed by atoms with van der Waals surface area (Å²) >= 11 is 3.50. The number of nitrogens with one attached hydrogen (secondary N) is 1. The second-order valence-corrected chi connectivity index (χ2v) is 5.70. The fourth-order valence-corrected chi connectivity index (χ4v) is 3.10. The van der Waals surface area contributed by atoms with Crippen molar-refractivity contribution in [1.29, 1.82) is 5.26 Å². The molecule has 1 fully saturated rings. The van der Waals surface area contributed by atoms with Gasteiger partial charge in [0.05, 0.1) is 12.0 Å². The Kier molecular flexibility index (Phi) is 4.06. The Morgan fingerprint density at radius 3 is 2.76 bits per heavy atom. The molecule has 0 amide bonds. The van der Waals surface area contributed by atoms with E-state index in [4.69, 9.17) is 5.26 Å². The maximum atomic E-state index is 9.15. The lowest BCUT2D eigenvalue weighted by atomic mass is 9.85. The van der Waals surface area contributed by atoms with Gasteiger partial charge in [-0.2, -0.15) is 5.26 Å². The largest absolute Gasteiger partial charge is 0.381 e. The van der Waals surface area contributed by atoms with E-state index < -0.39 is 0 Å². The zero-order chi connectivity index (χ0) is 12.3. The summed E-state index contributed by atoms with van der Waals surface area (Å²) in [6.07, 6.45) is 4.54. The van der Waals surface area contributed by atoms with Crippen LogP contribution < -0.4 is 5.32 Å². The summed E-state index contributed by atoms with van der Waals surface area (Å²) in [5.74, 6) is 0.156. The molecule has 3 heteroatoms. The molecule has 2 nitrogen and oxygen atoms in total. The first-order chi connectivity index (χ1) is 8.19. The number of halogens is 1. The molecule has 1 N–H and O–H groups in total. The van der Waals surface area contributed by atoms with E-state index in [1.807, 2.05) is 0 Å². The maximum Gasteiger partial charge on any atom is 0.0677 e. The Bertz CT molecular complexity index is 416. The van der Waals surface area contributed by atoms with Crippen LogP contribution in [0.5, 0.6) is 0 Å². The third-order valence-electron chi connectivity index (χ3n) is 3.33. The minimum Gasteiger partial charge on any atom is -0.381 e. The van der Waals surface area contributed by atoms with Crippen molar-refractivity contribution in [3.05, 3.63) is 28.2 Å². The molecular formula is C14H17BrN2. The molecule has 1 saturated carbocycles. The van der Waals surface area contributed by atoms with Crippen LogP contribution in [0.2, 0.25) is 0 Å². The second-order valence-electron chi connectivity index (χ2n) is 4.79. The van der Waals surface area contributed by atoms with Crippen molar-refractivity contribution in [1.82, 2.24) is 0 Å². The van der Waals surface area contributed by atoms with Gasteiger partial charge in [-0.3, -0.25) is 0 Å². The fraction of sp³-hybridized carbons (Fsp3) is 0.500. The average Bonchev–Trinajstić information content (AvgIpc) is 2.28. The molecule has 0 spiro atoms. The first-order valence-electron chi connectivity index (χ1n) is 6.12. The van der Waals surface area contributed by atoms with Gasteiger partial charge in [-0.1, -0.05) is 28.8 Å². The van der Waals surface area contributed by atoms with Gasteiger partial charge in [0.2, 0.25) is 0 Å². The van der Waals surface area contributed by atoms with Crippen LogP contribution in [0.3, 0.4) is 0 Å². The summed E-state index contributed by atoms with van der Waals surface area (Å²) in [6, 6.07) is 9.04. The lowest BCUT2D eigenvalue weighted by molar-refractivity contribution is 0.389. The summed E-state index contributed by atoms with van der Waals surface area (Å²) in [6.45, 7) is 2.08. The second kappa shape index (κ2) is 5.55. The minimum absolute atomic E-state index is 0.156. The normalized spacial score (nSPS) is 24.1. The Balaban J connectivity index is 2.11. The minimum atomic E-state index is 0.156. The molecule has 1 aromatic rings. The molecule has 0 bridgehead atoms. The van der Waals surface area contributed by atoms with Crippen molar-refractivity contribution in [2.75, 3.05) is 5.32 Å². The van der Waals surface area contributed by atoms with Crippen molar-refractivity contribution < 1.29 is 0 Å². The van der Waals surface area contributed by atoms with Crippen molar-refractivity contribution >= 4 is 21.6 Å². The summed E-state index contributed by atoms with van der Waals surface area (Å²) in [4.78, 5) is 0. The third kappa shape index (κ3) is 3.23. The van der Waals surface area contributed by atoms with E-state index in [0.717, 1.165) is 23.0 Å². The van der Waals surface area contributed by atoms with E-state index in [2.05, 4.69) is 52.4 Å². The quantitative estimate of drug-likeness (QED) is 0.884. The summed E-state index contributed by atoms with van der Waals surface area (Å²) in [5, 5.41) is 12.7. The molecule has 90 valence electrons. The van der Waals surface area contributed by atoms with Crippen molar-refractivity contribution in [3.8, 4) is 6.07 Å². The molecule has 1 aromatic carbocycles. The first kappa shape index (κ1) is 12.4. The molecule has 1 aliphatic carbocycles. The van der Waals surface area contributed by atoms with Crippen LogP contribution >= 0.6 is 15.9 Å². The third-order valence-corrected chi connectivity index (χ3v) is 3.78. The van der Waals surface area contributed by atoms with E-state index in [9.17, 15) is 0 Å². The lowest BCUT2D eigenvalue weighted by Crippen LogP contribution is -2.31. The molecule has 2 atom stereocenters. The van der Waals surface area contributed by atoms with Crippen LogP contribution in [0.1, 0.15) is 31.2 Å². The number of aryl methyl sites for hydroxylation is 1. The van der Waals surface area contributed by atoms with Crippen LogP contribution in [0, 0.1) is 24.2 Å². The highest BCUT2D eigenvalue weighted by molar-refractivity contribution is 9.10. The number of benzene rings is 1. The maximum absolute atomic E-state index is 9.15. The van der Waals surface area contributed by atoms with Gasteiger partial charge in [0.1, 0.15) is 0 Å². The number of hydrogen-bond donors (Lipinski definition) is 1. The molecule has 0 aromatic heterocycles. The molecule has 2 rings (SSSR count). The zero-order valence-corrected chi connectivity index (χ0v) is 11.6. The van der Waals surface area contributed by atoms with Crippen LogP contribution in [-0.2, 0) is 0 Å². The molecule has 1 aliphatic rings. The first-order valence-corrected chi connectivity index (χ1v) is 6.91. The van der Waals surface area contributed by atoms with E-state index in [0.29, 0.717) is 6.04 Å². The smallest absolute Gasteiger partial charge is 0.0677 e. The van der Waals surface area contributed by atoms with E-state index in [1.165, 1.54) is 18.4 Å². The summed E-state index contributed by atoms with van der Waals surface area (Å²) in [7, 11) is 0. The van der Waals surface area contributed by atoms with Gasteiger partial charge in [-0.15, -0.1) is 0 Å². The van der Waals surface area contributed by atoms with Crippen LogP contribution in [0.25, 0.3) is 0 Å². The Morgan fingerprint density at radius 2 is 2.06 bits per heavy atom. The van der Waals surface area contributed by atoms with Gasteiger partial charge in [0, 0.05) is 16.2 Å². The highest BCUT2D eigenvalue weighted by atomic mass is 79.9. The van der Waals surface area contributed by atoms with Gasteiger partial charge in [0.15, 0.2) is 0 Å². The standard InChI is InChI=1S/C14H17BrN2/c1-10-6-12(15)8-13(7-10)17-14-5-3-2-4-11(14)9-16/h6-8,11,14,17H,2-5H2,1H3. The highest BCUT2D eigenvalue weighted by Crippen LogP contribution is 2.28. The summed E-state index contributed by atoms with van der Waals surface area (Å²) in [5.41, 5.74) is 2.34. The predicted octanol–water partition coefficient (Wildman–Crippen LogP) is 4.25. The van der Waals surface area contributed by atoms with Crippen molar-refractivity contribution in [3.63, 3.8) is 0 Å². The monoisotopic (exact) mass is 292 g/mol. The van der Waals surface area contributed by atoms with Crippen LogP contribution in [0.15, 0.2) is 22.7 Å². The highest BCUT2D eigenvalue weighted by Gasteiger charge is 2.24. The number of hydrogen-bond acceptors (Lipinski definition) is 2. The molecule has 17 heavy (non-hydrogen) atoms. The fourth-order valence-electron chi connectivity index (χ4n) is 2.49. The Hall–Kier alpha value is -1.01. The number of rotatable bonds is 2. The number of nitriles is 1. The van der Waals surface area contributed by atoms with E-state index >= 15 is 0 Å². The van der Waals surface area contributed by atoms with Crippen LogP contribution in [-0.4, -0.2) is 6.04 Å². The van der Waals surface area contributed by atoms with Gasteiger partial charge in [-0.25, -0.2) is 0 Å². The Labute approximate surface area is 111 Å². The topological polar surface area (TPSA) is 35.8 Å². The van der Waals surface area contributed by atoms with Crippen molar-refractivity contribution in [2.45, 2.75) is 38.6 Å². The molecule has 0 heterocycles. The number of anilines is 1. The van der Waals surface area contributed by atoms with Gasteiger partial charge in [0.25, 0.3) is 0 Å². The molecule has 2 unspecified atom stereocenters. The van der Waals surface area contributed by atoms with E-state index in [-0.39, 0.29) is 5.92 Å². The number of nitrogens with zero attached hydrogens (tertiary/aromatic N) is 1. The average molecular weight is 293 g/mol. The zero-order valence-electron chi connectivity index (χ0n) is 10.0. The van der Waals surface area contributed by atoms with Gasteiger partial charge < -0.3 is 5.32 Å². The summed E-state index contributed by atoms with van der Waals surface area (Å²) < 4.78 is 1.09. The molecule has 0 aliphatic heterocycles. The van der Waals surface area contributed by atoms with Gasteiger partial charge >= 0.3 is 0 Å². The van der Waals surface area contributed by atoms with Crippen molar-refractivity contribution in [2.24, 2.45) is 5.92 Å². The van der Waals surface area contributed by atoms with E-state index in [1.54, 1.807) is 0 Å². The SMILES string of the molecule is Cc1cc(Br)cc(NC2CCCCC2C#N)c1. The molecule has 0 radical (unpaired) electrons. The molecular weight excluding hydrogens is 276 g/mol. The van der Waals surface area contributed by atoms with Crippen LogP contribution in [0.4, 0.5) is 5.69 Å².